The van der Waals surface area contributed by atoms with E-state index in [1.807, 2.05) is 0 Å². The largest absolute Gasteiger partial charge is 0.511 e. The maximum atomic E-state index is 12.7. The number of carbonyl (C=O) groups is 3. The number of benzene rings is 1. The quantitative estimate of drug-likeness (QED) is 0.528. The highest BCUT2D eigenvalue weighted by Gasteiger charge is 2.34. The Kier molecular flexibility index (Phi) is 7.50. The lowest BCUT2D eigenvalue weighted by Crippen LogP contribution is -2.45. The van der Waals surface area contributed by atoms with Gasteiger partial charge in [0.1, 0.15) is 23.6 Å². The van der Waals surface area contributed by atoms with Gasteiger partial charge < -0.3 is 25.2 Å². The fourth-order valence-corrected chi connectivity index (χ4v) is 4.05. The molecule has 180 valence electrons. The molecule has 3 N–H and O–H groups in total. The highest BCUT2D eigenvalue weighted by molar-refractivity contribution is 6.19. The van der Waals surface area contributed by atoms with Crippen LogP contribution in [0, 0.1) is 5.92 Å². The van der Waals surface area contributed by atoms with Gasteiger partial charge in [0.15, 0.2) is 0 Å². The summed E-state index contributed by atoms with van der Waals surface area (Å²) < 4.78 is 43.8. The average molecular weight is 470 g/mol. The van der Waals surface area contributed by atoms with E-state index in [1.165, 1.54) is 17.0 Å². The Labute approximate surface area is 188 Å². The van der Waals surface area contributed by atoms with Crippen molar-refractivity contribution >= 4 is 17.8 Å². The van der Waals surface area contributed by atoms with Crippen molar-refractivity contribution in [3.8, 4) is 5.75 Å². The number of amides is 2. The van der Waals surface area contributed by atoms with E-state index in [1.54, 1.807) is 0 Å². The zero-order valence-corrected chi connectivity index (χ0v) is 17.7. The average Bonchev–Trinajstić information content (AvgIpc) is 2.75. The van der Waals surface area contributed by atoms with Gasteiger partial charge in [-0.2, -0.15) is 13.2 Å². The van der Waals surface area contributed by atoms with Crippen LogP contribution in [0.15, 0.2) is 35.6 Å². The van der Waals surface area contributed by atoms with Gasteiger partial charge in [-0.1, -0.05) is 0 Å². The molecule has 0 spiro atoms. The monoisotopic (exact) mass is 470 g/mol. The lowest BCUT2D eigenvalue weighted by atomic mass is 9.86. The van der Waals surface area contributed by atoms with Gasteiger partial charge in [-0.25, -0.2) is 0 Å². The maximum Gasteiger partial charge on any atom is 0.416 e. The summed E-state index contributed by atoms with van der Waals surface area (Å²) in [5, 5.41) is 20.8. The first-order valence-electron chi connectivity index (χ1n) is 10.6. The van der Waals surface area contributed by atoms with Crippen LogP contribution in [0.5, 0.6) is 5.75 Å². The topological polar surface area (TPSA) is 116 Å². The third kappa shape index (κ3) is 6.39. The molecule has 0 atom stereocenters. The van der Waals surface area contributed by atoms with E-state index in [2.05, 4.69) is 5.32 Å². The van der Waals surface area contributed by atoms with Crippen LogP contribution in [0.4, 0.5) is 13.2 Å². The maximum absolute atomic E-state index is 12.7. The highest BCUT2D eigenvalue weighted by atomic mass is 19.4. The second-order valence-electron chi connectivity index (χ2n) is 8.18. The van der Waals surface area contributed by atoms with Crippen LogP contribution in [-0.2, 0) is 20.6 Å². The zero-order chi connectivity index (χ0) is 24.2. The summed E-state index contributed by atoms with van der Waals surface area (Å²) in [6, 6.07) is 4.57. The standard InChI is InChI=1S/C22H25F3N2O6/c23-22(24,25)14-3-7-16(8-4-14)33-15-5-1-13(2-6-15)12-27-10-9-17(28)19(21(27)32)20(31)26-11-18(29)30/h3-4,7-8,13,15,28H,1-2,5-6,9-12H2,(H,26,31)(H,29,30)/t13-,15-. The van der Waals surface area contributed by atoms with E-state index >= 15 is 0 Å². The first-order chi connectivity index (χ1) is 15.5. The molecule has 1 heterocycles. The Bertz CT molecular complexity index is 921. The lowest BCUT2D eigenvalue weighted by molar-refractivity contribution is -0.138. The number of carboxylic acids is 1. The van der Waals surface area contributed by atoms with Gasteiger partial charge >= 0.3 is 12.1 Å². The summed E-state index contributed by atoms with van der Waals surface area (Å²) >= 11 is 0. The molecule has 1 aromatic rings. The Morgan fingerprint density at radius 1 is 1.12 bits per heavy atom. The minimum absolute atomic E-state index is 0.105. The fourth-order valence-electron chi connectivity index (χ4n) is 4.05. The number of nitrogens with one attached hydrogen (secondary N) is 1. The molecule has 1 saturated carbocycles. The van der Waals surface area contributed by atoms with Crippen molar-refractivity contribution in [3.05, 3.63) is 41.2 Å². The number of ether oxygens (including phenoxy) is 1. The molecule has 8 nitrogen and oxygen atoms in total. The minimum atomic E-state index is -4.40. The molecule has 0 unspecified atom stereocenters. The van der Waals surface area contributed by atoms with E-state index in [4.69, 9.17) is 9.84 Å². The smallest absolute Gasteiger partial charge is 0.416 e. The van der Waals surface area contributed by atoms with Crippen LogP contribution < -0.4 is 10.1 Å². The van der Waals surface area contributed by atoms with Crippen LogP contribution >= 0.6 is 0 Å². The Balaban J connectivity index is 1.50. The Morgan fingerprint density at radius 3 is 2.33 bits per heavy atom. The van der Waals surface area contributed by atoms with Crippen molar-refractivity contribution in [2.24, 2.45) is 5.92 Å². The number of nitrogens with zero attached hydrogens (tertiary/aromatic N) is 1. The Hall–Kier alpha value is -3.24. The fraction of sp³-hybridized carbons (Fsp3) is 0.500. The van der Waals surface area contributed by atoms with E-state index in [0.29, 0.717) is 25.1 Å². The van der Waals surface area contributed by atoms with Crippen molar-refractivity contribution in [1.82, 2.24) is 10.2 Å². The molecule has 1 aliphatic carbocycles. The summed E-state index contributed by atoms with van der Waals surface area (Å²) in [6.07, 6.45) is -1.64. The van der Waals surface area contributed by atoms with Crippen LogP contribution in [0.3, 0.4) is 0 Å². The number of aliphatic hydroxyl groups excluding tert-OH is 1. The van der Waals surface area contributed by atoms with E-state index < -0.39 is 41.6 Å². The minimum Gasteiger partial charge on any atom is -0.511 e. The number of carboxylic acid groups (broad SMARTS) is 1. The number of aliphatic carboxylic acids is 1. The predicted molar refractivity (Wildman–Crippen MR) is 109 cm³/mol. The van der Waals surface area contributed by atoms with Gasteiger partial charge in [-0.15, -0.1) is 0 Å². The molecule has 0 bridgehead atoms. The molecular weight excluding hydrogens is 445 g/mol. The second kappa shape index (κ2) is 10.1. The molecule has 1 fully saturated rings. The summed E-state index contributed by atoms with van der Waals surface area (Å²) in [6.45, 7) is -0.0248. The predicted octanol–water partition coefficient (Wildman–Crippen LogP) is 2.89. The molecule has 0 radical (unpaired) electrons. The van der Waals surface area contributed by atoms with Crippen LogP contribution in [0.1, 0.15) is 37.7 Å². The van der Waals surface area contributed by atoms with E-state index in [9.17, 15) is 32.7 Å². The van der Waals surface area contributed by atoms with Gasteiger partial charge in [-0.05, 0) is 55.9 Å². The zero-order valence-electron chi connectivity index (χ0n) is 17.7. The van der Waals surface area contributed by atoms with Gasteiger partial charge in [0.05, 0.1) is 11.7 Å². The van der Waals surface area contributed by atoms with Gasteiger partial charge in [0, 0.05) is 19.5 Å². The first kappa shape index (κ1) is 24.4. The van der Waals surface area contributed by atoms with Crippen LogP contribution in [0.25, 0.3) is 0 Å². The van der Waals surface area contributed by atoms with E-state index in [-0.39, 0.29) is 30.7 Å². The summed E-state index contributed by atoms with van der Waals surface area (Å²) in [5.41, 5.74) is -1.16. The molecule has 11 heteroatoms. The molecule has 0 aromatic heterocycles. The van der Waals surface area contributed by atoms with Crippen molar-refractivity contribution < 1.29 is 42.5 Å². The van der Waals surface area contributed by atoms with Gasteiger partial charge in [-0.3, -0.25) is 14.4 Å². The number of hydrogen-bond donors (Lipinski definition) is 3. The number of halogens is 3. The molecule has 1 aromatic carbocycles. The van der Waals surface area contributed by atoms with Crippen molar-refractivity contribution in [3.63, 3.8) is 0 Å². The van der Waals surface area contributed by atoms with Crippen molar-refractivity contribution in [1.29, 1.82) is 0 Å². The van der Waals surface area contributed by atoms with Crippen molar-refractivity contribution in [2.45, 2.75) is 44.4 Å². The molecule has 0 saturated heterocycles. The third-order valence-electron chi connectivity index (χ3n) is 5.79. The molecule has 2 aliphatic rings. The summed E-state index contributed by atoms with van der Waals surface area (Å²) in [4.78, 5) is 36.9. The van der Waals surface area contributed by atoms with Crippen LogP contribution in [-0.4, -0.2) is 58.6 Å². The highest BCUT2D eigenvalue weighted by Crippen LogP contribution is 2.32. The van der Waals surface area contributed by atoms with E-state index in [0.717, 1.165) is 25.0 Å². The first-order valence-corrected chi connectivity index (χ1v) is 10.6. The summed E-state index contributed by atoms with van der Waals surface area (Å²) in [7, 11) is 0. The normalized spacial score (nSPS) is 21.7. The number of alkyl halides is 3. The van der Waals surface area contributed by atoms with Gasteiger partial charge in [0.25, 0.3) is 11.8 Å². The second-order valence-corrected chi connectivity index (χ2v) is 8.18. The van der Waals surface area contributed by atoms with Gasteiger partial charge in [0.2, 0.25) is 0 Å². The number of rotatable bonds is 7. The SMILES string of the molecule is O=C(O)CNC(=O)C1=C(O)CCN(C[C@H]2CC[C@H](Oc3ccc(C(F)(F)F)cc3)CC2)C1=O. The molecule has 2 amide bonds. The lowest BCUT2D eigenvalue weighted by Gasteiger charge is -2.34. The number of carbonyl (C=O) groups excluding carboxylic acids is 2. The molecular formula is C22H25F3N2O6. The molecule has 1 aliphatic heterocycles. The summed E-state index contributed by atoms with van der Waals surface area (Å²) in [5.74, 6) is -2.66. The van der Waals surface area contributed by atoms with Crippen molar-refractivity contribution in [2.75, 3.05) is 19.6 Å². The molecule has 33 heavy (non-hydrogen) atoms. The Morgan fingerprint density at radius 2 is 1.76 bits per heavy atom. The van der Waals surface area contributed by atoms with Crippen LogP contribution in [0.2, 0.25) is 0 Å². The third-order valence-corrected chi connectivity index (χ3v) is 5.79. The molecule has 3 rings (SSSR count). The number of hydrogen-bond acceptors (Lipinski definition) is 5. The number of aliphatic hydroxyl groups is 1.